The van der Waals surface area contributed by atoms with Crippen LogP contribution in [0.2, 0.25) is 0 Å². The molecule has 0 aromatic carbocycles. The van der Waals surface area contributed by atoms with Gasteiger partial charge in [0.2, 0.25) is 0 Å². The summed E-state index contributed by atoms with van der Waals surface area (Å²) in [6.45, 7) is 4.86. The molecule has 1 fully saturated rings. The van der Waals surface area contributed by atoms with Crippen LogP contribution in [0.4, 0.5) is 16.0 Å². The van der Waals surface area contributed by atoms with E-state index in [9.17, 15) is 9.18 Å². The Labute approximate surface area is 173 Å². The SMILES string of the molecule is Cc1ncc(C(=O)N2CCO[C@H](c3cccc(Nc4ccc(F)cn4)n3)C2)c(C)n1. The number of amides is 1. The highest BCUT2D eigenvalue weighted by Gasteiger charge is 2.28. The van der Waals surface area contributed by atoms with Crippen LogP contribution in [-0.4, -0.2) is 50.4 Å². The van der Waals surface area contributed by atoms with Crippen LogP contribution in [-0.2, 0) is 4.74 Å². The summed E-state index contributed by atoms with van der Waals surface area (Å²) in [5.41, 5.74) is 1.84. The topological polar surface area (TPSA) is 93.1 Å². The Balaban J connectivity index is 1.49. The molecule has 154 valence electrons. The molecule has 0 radical (unpaired) electrons. The number of rotatable bonds is 4. The van der Waals surface area contributed by atoms with Crippen molar-refractivity contribution in [3.63, 3.8) is 0 Å². The Bertz CT molecular complexity index is 1060. The van der Waals surface area contributed by atoms with Gasteiger partial charge < -0.3 is 15.0 Å². The zero-order chi connectivity index (χ0) is 21.1. The fourth-order valence-corrected chi connectivity index (χ4v) is 3.26. The molecule has 30 heavy (non-hydrogen) atoms. The maximum absolute atomic E-state index is 13.0. The minimum absolute atomic E-state index is 0.120. The lowest BCUT2D eigenvalue weighted by Crippen LogP contribution is -2.42. The molecule has 4 rings (SSSR count). The zero-order valence-corrected chi connectivity index (χ0v) is 16.7. The van der Waals surface area contributed by atoms with Crippen LogP contribution in [0, 0.1) is 19.7 Å². The number of aromatic nitrogens is 4. The van der Waals surface area contributed by atoms with Crippen LogP contribution >= 0.6 is 0 Å². The van der Waals surface area contributed by atoms with E-state index in [1.54, 1.807) is 31.0 Å². The Morgan fingerprint density at radius 2 is 2.00 bits per heavy atom. The van der Waals surface area contributed by atoms with Gasteiger partial charge in [0.05, 0.1) is 36.3 Å². The van der Waals surface area contributed by atoms with Crippen LogP contribution in [0.15, 0.2) is 42.7 Å². The molecule has 0 aliphatic carbocycles. The first-order valence-corrected chi connectivity index (χ1v) is 9.56. The van der Waals surface area contributed by atoms with Gasteiger partial charge in [0.15, 0.2) is 0 Å². The third kappa shape index (κ3) is 4.41. The predicted octanol–water partition coefficient (Wildman–Crippen LogP) is 2.98. The van der Waals surface area contributed by atoms with Gasteiger partial charge in [0.1, 0.15) is 29.4 Å². The average Bonchev–Trinajstić information content (AvgIpc) is 2.75. The van der Waals surface area contributed by atoms with E-state index in [4.69, 9.17) is 4.74 Å². The lowest BCUT2D eigenvalue weighted by molar-refractivity contribution is -0.0247. The van der Waals surface area contributed by atoms with E-state index in [1.807, 2.05) is 12.1 Å². The van der Waals surface area contributed by atoms with Gasteiger partial charge in [-0.2, -0.15) is 0 Å². The van der Waals surface area contributed by atoms with Crippen LogP contribution in [0.1, 0.15) is 33.7 Å². The summed E-state index contributed by atoms with van der Waals surface area (Å²) in [7, 11) is 0. The minimum atomic E-state index is -0.406. The van der Waals surface area contributed by atoms with E-state index >= 15 is 0 Å². The Morgan fingerprint density at radius 1 is 1.13 bits per heavy atom. The lowest BCUT2D eigenvalue weighted by Gasteiger charge is -2.33. The number of hydrogen-bond acceptors (Lipinski definition) is 7. The van der Waals surface area contributed by atoms with E-state index in [0.29, 0.717) is 54.1 Å². The fraction of sp³-hybridized carbons (Fsp3) is 0.286. The summed E-state index contributed by atoms with van der Waals surface area (Å²) in [6.07, 6.45) is 2.34. The van der Waals surface area contributed by atoms with Gasteiger partial charge in [-0.15, -0.1) is 0 Å². The molecular weight excluding hydrogens is 387 g/mol. The average molecular weight is 408 g/mol. The molecule has 1 saturated heterocycles. The molecule has 8 nitrogen and oxygen atoms in total. The van der Waals surface area contributed by atoms with E-state index in [1.165, 1.54) is 12.1 Å². The van der Waals surface area contributed by atoms with E-state index in [2.05, 4.69) is 25.3 Å². The number of morpholine rings is 1. The summed E-state index contributed by atoms with van der Waals surface area (Å²) in [4.78, 5) is 31.7. The number of ether oxygens (including phenoxy) is 1. The van der Waals surface area contributed by atoms with Crippen molar-refractivity contribution < 1.29 is 13.9 Å². The fourth-order valence-electron chi connectivity index (χ4n) is 3.26. The van der Waals surface area contributed by atoms with Crippen molar-refractivity contribution in [3.8, 4) is 0 Å². The summed E-state index contributed by atoms with van der Waals surface area (Å²) < 4.78 is 18.9. The molecule has 3 aromatic heterocycles. The monoisotopic (exact) mass is 408 g/mol. The molecule has 1 amide bonds. The number of pyridine rings is 2. The highest BCUT2D eigenvalue weighted by molar-refractivity contribution is 5.95. The highest BCUT2D eigenvalue weighted by atomic mass is 19.1. The molecule has 0 spiro atoms. The Hall–Kier alpha value is -3.46. The van der Waals surface area contributed by atoms with E-state index < -0.39 is 5.82 Å². The third-order valence-electron chi connectivity index (χ3n) is 4.77. The molecule has 0 unspecified atom stereocenters. The van der Waals surface area contributed by atoms with Crippen LogP contribution in [0.3, 0.4) is 0 Å². The molecule has 9 heteroatoms. The number of aryl methyl sites for hydroxylation is 2. The second-order valence-corrected chi connectivity index (χ2v) is 6.96. The van der Waals surface area contributed by atoms with Gasteiger partial charge in [-0.25, -0.2) is 24.3 Å². The molecule has 3 aromatic rings. The molecule has 4 heterocycles. The summed E-state index contributed by atoms with van der Waals surface area (Å²) in [5.74, 6) is 1.15. The first-order valence-electron chi connectivity index (χ1n) is 9.56. The van der Waals surface area contributed by atoms with E-state index in [0.717, 1.165) is 6.20 Å². The van der Waals surface area contributed by atoms with Gasteiger partial charge in [-0.1, -0.05) is 6.07 Å². The maximum atomic E-state index is 13.0. The van der Waals surface area contributed by atoms with Crippen molar-refractivity contribution in [1.82, 2.24) is 24.8 Å². The second-order valence-electron chi connectivity index (χ2n) is 6.96. The normalized spacial score (nSPS) is 16.4. The number of hydrogen-bond donors (Lipinski definition) is 1. The van der Waals surface area contributed by atoms with Gasteiger partial charge in [0.25, 0.3) is 5.91 Å². The predicted molar refractivity (Wildman–Crippen MR) is 108 cm³/mol. The number of anilines is 2. The molecule has 1 N–H and O–H groups in total. The van der Waals surface area contributed by atoms with Crippen molar-refractivity contribution in [2.24, 2.45) is 0 Å². The number of carbonyl (C=O) groups is 1. The second kappa shape index (κ2) is 8.50. The first kappa shape index (κ1) is 19.8. The van der Waals surface area contributed by atoms with Crippen molar-refractivity contribution in [3.05, 3.63) is 71.3 Å². The van der Waals surface area contributed by atoms with Crippen LogP contribution < -0.4 is 5.32 Å². The smallest absolute Gasteiger partial charge is 0.257 e. The van der Waals surface area contributed by atoms with Gasteiger partial charge >= 0.3 is 0 Å². The molecule has 1 aliphatic rings. The first-order chi connectivity index (χ1) is 14.5. The third-order valence-corrected chi connectivity index (χ3v) is 4.77. The molecule has 1 atom stereocenters. The largest absolute Gasteiger partial charge is 0.368 e. The molecule has 1 aliphatic heterocycles. The van der Waals surface area contributed by atoms with E-state index in [-0.39, 0.29) is 12.0 Å². The number of nitrogens with one attached hydrogen (secondary N) is 1. The van der Waals surface area contributed by atoms with Crippen LogP contribution in [0.25, 0.3) is 0 Å². The van der Waals surface area contributed by atoms with Gasteiger partial charge in [-0.05, 0) is 38.1 Å². The lowest BCUT2D eigenvalue weighted by atomic mass is 10.1. The quantitative estimate of drug-likeness (QED) is 0.709. The standard InChI is InChI=1S/C21H21FN6O2/c1-13-16(11-23-14(2)25-13)21(29)28-8-9-30-18(12-28)17-4-3-5-20(26-17)27-19-7-6-15(22)10-24-19/h3-7,10-11,18H,8-9,12H2,1-2H3,(H,24,26,27)/t18-/m0/s1. The Kier molecular flexibility index (Phi) is 5.62. The molecular formula is C21H21FN6O2. The van der Waals surface area contributed by atoms with Crippen molar-refractivity contribution in [2.45, 2.75) is 20.0 Å². The zero-order valence-electron chi connectivity index (χ0n) is 16.7. The van der Waals surface area contributed by atoms with Gasteiger partial charge in [-0.3, -0.25) is 4.79 Å². The number of halogens is 1. The van der Waals surface area contributed by atoms with Crippen molar-refractivity contribution >= 4 is 17.5 Å². The van der Waals surface area contributed by atoms with Crippen molar-refractivity contribution in [1.29, 1.82) is 0 Å². The van der Waals surface area contributed by atoms with Crippen molar-refractivity contribution in [2.75, 3.05) is 25.0 Å². The van der Waals surface area contributed by atoms with Crippen LogP contribution in [0.5, 0.6) is 0 Å². The maximum Gasteiger partial charge on any atom is 0.257 e. The number of carbonyl (C=O) groups excluding carboxylic acids is 1. The van der Waals surface area contributed by atoms with Gasteiger partial charge in [0, 0.05) is 12.7 Å². The molecule has 0 saturated carbocycles. The summed E-state index contributed by atoms with van der Waals surface area (Å²) in [6, 6.07) is 8.34. The Morgan fingerprint density at radius 3 is 2.77 bits per heavy atom. The minimum Gasteiger partial charge on any atom is -0.368 e. The highest BCUT2D eigenvalue weighted by Crippen LogP contribution is 2.24. The number of nitrogens with zero attached hydrogens (tertiary/aromatic N) is 5. The molecule has 0 bridgehead atoms. The summed E-state index contributed by atoms with van der Waals surface area (Å²) in [5, 5.41) is 3.04. The summed E-state index contributed by atoms with van der Waals surface area (Å²) >= 11 is 0.